The van der Waals surface area contributed by atoms with Gasteiger partial charge in [-0.1, -0.05) is 31.8 Å². The lowest BCUT2D eigenvalue weighted by Gasteiger charge is -2.11. The van der Waals surface area contributed by atoms with Gasteiger partial charge in [0.05, 0.1) is 0 Å². The zero-order chi connectivity index (χ0) is 8.04. The van der Waals surface area contributed by atoms with Gasteiger partial charge in [-0.05, 0) is 12.5 Å². The summed E-state index contributed by atoms with van der Waals surface area (Å²) in [6.45, 7) is 7.12. The smallest absolute Gasteiger partial charge is 0.0480 e. The molecule has 0 atom stereocenters. The Bertz CT molecular complexity index is 102. The molecule has 0 aromatic rings. The van der Waals surface area contributed by atoms with Crippen molar-refractivity contribution in [2.75, 3.05) is 5.88 Å². The summed E-state index contributed by atoms with van der Waals surface area (Å²) in [5.41, 5.74) is 0. The highest BCUT2D eigenvalue weighted by molar-refractivity contribution is 6.76. The van der Waals surface area contributed by atoms with Gasteiger partial charge in [-0.2, -0.15) is 0 Å². The maximum absolute atomic E-state index is 5.51. The van der Waals surface area contributed by atoms with Gasteiger partial charge < -0.3 is 0 Å². The minimum absolute atomic E-state index is 0.752. The van der Waals surface area contributed by atoms with Crippen LogP contribution in [0.5, 0.6) is 0 Å². The van der Waals surface area contributed by atoms with Crippen molar-refractivity contribution in [3.8, 4) is 0 Å². The molecule has 0 nitrogen and oxygen atoms in total. The molecule has 0 radical (unpaired) electrons. The van der Waals surface area contributed by atoms with Gasteiger partial charge in [-0.25, -0.2) is 0 Å². The topological polar surface area (TPSA) is 0 Å². The van der Waals surface area contributed by atoms with Crippen LogP contribution >= 0.6 is 11.6 Å². The van der Waals surface area contributed by atoms with E-state index in [1.54, 1.807) is 0 Å². The van der Waals surface area contributed by atoms with Crippen LogP contribution in [-0.4, -0.2) is 14.0 Å². The van der Waals surface area contributed by atoms with E-state index >= 15 is 0 Å². The molecule has 0 saturated heterocycles. The zero-order valence-corrected chi connectivity index (χ0v) is 8.91. The fourth-order valence-corrected chi connectivity index (χ4v) is 1.62. The molecular weight excluding hydrogens is 160 g/mol. The summed E-state index contributed by atoms with van der Waals surface area (Å²) in [6.07, 6.45) is 5.48. The van der Waals surface area contributed by atoms with Gasteiger partial charge in [0.25, 0.3) is 0 Å². The Morgan fingerprint density at radius 2 is 1.80 bits per heavy atom. The quantitative estimate of drug-likeness (QED) is 0.350. The number of rotatable bonds is 4. The first-order chi connectivity index (χ1) is 4.56. The largest absolute Gasteiger partial charge is 0.126 e. The highest BCUT2D eigenvalue weighted by Crippen LogP contribution is 2.08. The summed E-state index contributed by atoms with van der Waals surface area (Å²) in [4.78, 5) is 0. The molecule has 0 aliphatic heterocycles. The van der Waals surface area contributed by atoms with E-state index in [9.17, 15) is 0 Å². The van der Waals surface area contributed by atoms with Crippen molar-refractivity contribution in [1.82, 2.24) is 0 Å². The summed E-state index contributed by atoms with van der Waals surface area (Å²) in [7, 11) is -0.837. The van der Waals surface area contributed by atoms with Gasteiger partial charge in [0, 0.05) is 14.0 Å². The van der Waals surface area contributed by atoms with Crippen LogP contribution in [0.4, 0.5) is 0 Å². The predicted octanol–water partition coefficient (Wildman–Crippen LogP) is 3.51. The molecule has 0 N–H and O–H groups in total. The van der Waals surface area contributed by atoms with Gasteiger partial charge >= 0.3 is 0 Å². The van der Waals surface area contributed by atoms with E-state index in [1.165, 1.54) is 6.04 Å². The van der Waals surface area contributed by atoms with Crippen LogP contribution in [0.3, 0.4) is 0 Å². The van der Waals surface area contributed by atoms with Crippen LogP contribution in [0.25, 0.3) is 0 Å². The number of allylic oxidation sites excluding steroid dienone is 2. The molecule has 0 saturated carbocycles. The monoisotopic (exact) mass is 176 g/mol. The van der Waals surface area contributed by atoms with Gasteiger partial charge in [-0.3, -0.25) is 0 Å². The van der Waals surface area contributed by atoms with Gasteiger partial charge in [0.2, 0.25) is 0 Å². The molecule has 0 aromatic carbocycles. The predicted molar refractivity (Wildman–Crippen MR) is 52.6 cm³/mol. The molecule has 0 aliphatic carbocycles. The Hall–Kier alpha value is 0.247. The van der Waals surface area contributed by atoms with E-state index in [0.717, 1.165) is 12.3 Å². The Labute approximate surface area is 70.3 Å². The summed E-state index contributed by atoms with van der Waals surface area (Å²) in [5.74, 6) is 0.752. The molecule has 0 aromatic heterocycles. The zero-order valence-electron chi connectivity index (χ0n) is 7.15. The molecule has 0 aliphatic rings. The number of hydrogen-bond acceptors (Lipinski definition) is 0. The standard InChI is InChI=1S/C8H17ClSi/c1-10(2,3)8-6-4-5-7-9/h4,6H,5,7-8H2,1-3H3/b6-4-. The Kier molecular flexibility index (Phi) is 5.09. The maximum atomic E-state index is 5.51. The van der Waals surface area contributed by atoms with Crippen molar-refractivity contribution in [2.24, 2.45) is 0 Å². The molecule has 10 heavy (non-hydrogen) atoms. The van der Waals surface area contributed by atoms with E-state index in [-0.39, 0.29) is 0 Å². The third-order valence-corrected chi connectivity index (χ3v) is 2.85. The normalized spacial score (nSPS) is 12.8. The van der Waals surface area contributed by atoms with Gasteiger partial charge in [0.15, 0.2) is 0 Å². The molecule has 0 spiro atoms. The van der Waals surface area contributed by atoms with Gasteiger partial charge in [0.1, 0.15) is 0 Å². The van der Waals surface area contributed by atoms with Gasteiger partial charge in [-0.15, -0.1) is 11.6 Å². The Morgan fingerprint density at radius 3 is 2.20 bits per heavy atom. The molecule has 60 valence electrons. The molecule has 0 fully saturated rings. The minimum Gasteiger partial charge on any atom is -0.126 e. The van der Waals surface area contributed by atoms with E-state index in [1.807, 2.05) is 0 Å². The molecule has 0 bridgehead atoms. The summed E-state index contributed by atoms with van der Waals surface area (Å²) >= 11 is 5.51. The maximum Gasteiger partial charge on any atom is 0.0480 e. The first-order valence-electron chi connectivity index (χ1n) is 3.77. The van der Waals surface area contributed by atoms with Crippen LogP contribution in [0.2, 0.25) is 25.7 Å². The summed E-state index contributed by atoms with van der Waals surface area (Å²) in [6, 6.07) is 1.28. The fourth-order valence-electron chi connectivity index (χ4n) is 0.618. The van der Waals surface area contributed by atoms with Crippen LogP contribution in [0, 0.1) is 0 Å². The molecule has 0 rings (SSSR count). The molecule has 2 heteroatoms. The molecular formula is C8H17ClSi. The van der Waals surface area contributed by atoms with E-state index in [2.05, 4.69) is 31.8 Å². The molecule has 0 amide bonds. The molecule has 0 unspecified atom stereocenters. The lowest BCUT2D eigenvalue weighted by Crippen LogP contribution is -2.17. The third-order valence-electron chi connectivity index (χ3n) is 1.17. The second kappa shape index (κ2) is 4.97. The van der Waals surface area contributed by atoms with E-state index in [0.29, 0.717) is 0 Å². The Morgan fingerprint density at radius 1 is 1.20 bits per heavy atom. The SMILES string of the molecule is C[Si](C)(C)C/C=C\CCCl. The minimum atomic E-state index is -0.837. The van der Waals surface area contributed by atoms with Crippen molar-refractivity contribution in [3.63, 3.8) is 0 Å². The number of alkyl halides is 1. The number of halogens is 1. The third kappa shape index (κ3) is 8.25. The van der Waals surface area contributed by atoms with Crippen molar-refractivity contribution in [1.29, 1.82) is 0 Å². The van der Waals surface area contributed by atoms with Crippen molar-refractivity contribution >= 4 is 19.7 Å². The van der Waals surface area contributed by atoms with Crippen molar-refractivity contribution < 1.29 is 0 Å². The van der Waals surface area contributed by atoms with E-state index in [4.69, 9.17) is 11.6 Å². The first kappa shape index (κ1) is 10.2. The second-order valence-corrected chi connectivity index (χ2v) is 9.62. The van der Waals surface area contributed by atoms with Crippen LogP contribution in [-0.2, 0) is 0 Å². The second-order valence-electron chi connectivity index (χ2n) is 3.71. The first-order valence-corrected chi connectivity index (χ1v) is 8.01. The number of hydrogen-bond donors (Lipinski definition) is 0. The summed E-state index contributed by atoms with van der Waals surface area (Å²) < 4.78 is 0. The molecule has 0 heterocycles. The Balaban J connectivity index is 3.34. The summed E-state index contributed by atoms with van der Waals surface area (Å²) in [5, 5.41) is 0. The highest BCUT2D eigenvalue weighted by atomic mass is 35.5. The highest BCUT2D eigenvalue weighted by Gasteiger charge is 2.08. The van der Waals surface area contributed by atoms with Crippen LogP contribution < -0.4 is 0 Å². The van der Waals surface area contributed by atoms with Crippen molar-refractivity contribution in [2.45, 2.75) is 32.1 Å². The fraction of sp³-hybridized carbons (Fsp3) is 0.750. The average molecular weight is 177 g/mol. The van der Waals surface area contributed by atoms with Crippen molar-refractivity contribution in [3.05, 3.63) is 12.2 Å². The van der Waals surface area contributed by atoms with Crippen LogP contribution in [0.15, 0.2) is 12.2 Å². The lowest BCUT2D eigenvalue weighted by atomic mass is 10.4. The van der Waals surface area contributed by atoms with E-state index < -0.39 is 8.07 Å². The average Bonchev–Trinajstić information content (AvgIpc) is 1.78. The van der Waals surface area contributed by atoms with Crippen LogP contribution in [0.1, 0.15) is 6.42 Å². The lowest BCUT2D eigenvalue weighted by molar-refractivity contribution is 1.22.